The van der Waals surface area contributed by atoms with E-state index in [1.807, 2.05) is 29.6 Å². The zero-order valence-corrected chi connectivity index (χ0v) is 13.0. The molecule has 0 radical (unpaired) electrons. The van der Waals surface area contributed by atoms with E-state index in [-0.39, 0.29) is 0 Å². The molecule has 0 aliphatic heterocycles. The molecule has 0 aliphatic rings. The fraction of sp³-hybridized carbons (Fsp3) is 0.0769. The summed E-state index contributed by atoms with van der Waals surface area (Å²) in [5.74, 6) is 1.44. The van der Waals surface area contributed by atoms with Crippen molar-refractivity contribution in [3.05, 3.63) is 52.3 Å². The molecular weight excluding hydrogens is 344 g/mol. The van der Waals surface area contributed by atoms with Crippen molar-refractivity contribution in [2.24, 2.45) is 0 Å². The number of hydrogen-bond acceptors (Lipinski definition) is 5. The molecule has 0 saturated carbocycles. The van der Waals surface area contributed by atoms with E-state index in [4.69, 9.17) is 4.42 Å². The van der Waals surface area contributed by atoms with E-state index in [1.54, 1.807) is 35.6 Å². The topological polar surface area (TPSA) is 38.9 Å². The first-order chi connectivity index (χ1) is 9.31. The monoisotopic (exact) mass is 352 g/mol. The molecule has 0 fully saturated rings. The molecule has 96 valence electrons. The molecule has 3 nitrogen and oxygen atoms in total. The third kappa shape index (κ3) is 3.26. The second-order valence-electron chi connectivity index (χ2n) is 3.72. The highest BCUT2D eigenvalue weighted by Gasteiger charge is 2.08. The first-order valence-electron chi connectivity index (χ1n) is 5.54. The van der Waals surface area contributed by atoms with E-state index in [0.717, 1.165) is 25.8 Å². The Labute approximate surface area is 127 Å². The van der Waals surface area contributed by atoms with Crippen LogP contribution in [0.15, 0.2) is 56.0 Å². The van der Waals surface area contributed by atoms with Gasteiger partial charge in [0.05, 0.1) is 15.6 Å². The third-order valence-electron chi connectivity index (χ3n) is 2.35. The van der Waals surface area contributed by atoms with E-state index in [0.29, 0.717) is 5.89 Å². The first kappa shape index (κ1) is 12.9. The molecular formula is C13H9BrN2OS2. The number of halogens is 1. The average Bonchev–Trinajstić information content (AvgIpc) is 3.09. The molecule has 0 atom stereocenters. The zero-order valence-electron chi connectivity index (χ0n) is 9.75. The Balaban J connectivity index is 1.66. The van der Waals surface area contributed by atoms with Crippen LogP contribution in [0, 0.1) is 0 Å². The summed E-state index contributed by atoms with van der Waals surface area (Å²) in [4.78, 5) is 9.83. The van der Waals surface area contributed by atoms with Gasteiger partial charge in [-0.15, -0.1) is 11.3 Å². The van der Waals surface area contributed by atoms with Crippen molar-refractivity contribution in [3.8, 4) is 10.8 Å². The van der Waals surface area contributed by atoms with Crippen LogP contribution in [0.5, 0.6) is 0 Å². The smallest absolute Gasteiger partial charge is 0.236 e. The van der Waals surface area contributed by atoms with Crippen molar-refractivity contribution < 1.29 is 4.42 Å². The van der Waals surface area contributed by atoms with Crippen molar-refractivity contribution in [1.82, 2.24) is 9.97 Å². The fourth-order valence-electron chi connectivity index (χ4n) is 1.48. The summed E-state index contributed by atoms with van der Waals surface area (Å²) in [6, 6.07) is 7.96. The van der Waals surface area contributed by atoms with Gasteiger partial charge in [-0.1, -0.05) is 17.8 Å². The van der Waals surface area contributed by atoms with Gasteiger partial charge in [0.25, 0.3) is 0 Å². The number of thioether (sulfide) groups is 1. The maximum absolute atomic E-state index is 5.47. The molecule has 0 amide bonds. The van der Waals surface area contributed by atoms with Crippen LogP contribution in [-0.2, 0) is 5.75 Å². The Kier molecular flexibility index (Phi) is 4.00. The summed E-state index contributed by atoms with van der Waals surface area (Å²) < 4.78 is 6.46. The first-order valence-corrected chi connectivity index (χ1v) is 8.20. The van der Waals surface area contributed by atoms with Gasteiger partial charge in [0.2, 0.25) is 5.89 Å². The maximum Gasteiger partial charge on any atom is 0.236 e. The highest BCUT2D eigenvalue weighted by molar-refractivity contribution is 9.10. The van der Waals surface area contributed by atoms with E-state index in [9.17, 15) is 0 Å². The molecule has 3 heterocycles. The Bertz CT molecular complexity index is 650. The van der Waals surface area contributed by atoms with Gasteiger partial charge in [-0.05, 0) is 39.5 Å². The molecule has 3 aromatic rings. The van der Waals surface area contributed by atoms with Crippen LogP contribution >= 0.6 is 39.0 Å². The van der Waals surface area contributed by atoms with Crippen molar-refractivity contribution >= 4 is 39.0 Å². The van der Waals surface area contributed by atoms with Gasteiger partial charge in [-0.2, -0.15) is 0 Å². The number of thiophene rings is 1. The van der Waals surface area contributed by atoms with E-state index in [1.165, 1.54) is 0 Å². The summed E-state index contributed by atoms with van der Waals surface area (Å²) in [6.45, 7) is 0. The SMILES string of the molecule is Brc1ccc(SCc2coc(-c3cccs3)n2)nc1. The minimum atomic E-state index is 0.689. The number of pyridine rings is 1. The minimum Gasteiger partial charge on any atom is -0.444 e. The van der Waals surface area contributed by atoms with Crippen LogP contribution < -0.4 is 0 Å². The summed E-state index contributed by atoms with van der Waals surface area (Å²) >= 11 is 6.64. The van der Waals surface area contributed by atoms with Gasteiger partial charge >= 0.3 is 0 Å². The molecule has 3 rings (SSSR count). The van der Waals surface area contributed by atoms with E-state index >= 15 is 0 Å². The normalized spacial score (nSPS) is 10.8. The van der Waals surface area contributed by atoms with Crippen LogP contribution in [0.25, 0.3) is 10.8 Å². The Morgan fingerprint density at radius 2 is 2.26 bits per heavy atom. The lowest BCUT2D eigenvalue weighted by Gasteiger charge is -1.97. The average molecular weight is 353 g/mol. The van der Waals surface area contributed by atoms with Crippen molar-refractivity contribution in [2.75, 3.05) is 0 Å². The molecule has 0 N–H and O–H groups in total. The molecule has 19 heavy (non-hydrogen) atoms. The number of aromatic nitrogens is 2. The van der Waals surface area contributed by atoms with Gasteiger partial charge in [-0.3, -0.25) is 0 Å². The van der Waals surface area contributed by atoms with Gasteiger partial charge in [0.1, 0.15) is 6.26 Å². The molecule has 3 aromatic heterocycles. The lowest BCUT2D eigenvalue weighted by atomic mass is 10.5. The molecule has 0 bridgehead atoms. The van der Waals surface area contributed by atoms with Crippen LogP contribution in [-0.4, -0.2) is 9.97 Å². The molecule has 6 heteroatoms. The summed E-state index contributed by atoms with van der Waals surface area (Å²) in [6.07, 6.45) is 3.50. The summed E-state index contributed by atoms with van der Waals surface area (Å²) in [7, 11) is 0. The molecule has 0 saturated heterocycles. The van der Waals surface area contributed by atoms with E-state index < -0.39 is 0 Å². The highest BCUT2D eigenvalue weighted by atomic mass is 79.9. The second kappa shape index (κ2) is 5.90. The largest absolute Gasteiger partial charge is 0.444 e. The van der Waals surface area contributed by atoms with E-state index in [2.05, 4.69) is 25.9 Å². The van der Waals surface area contributed by atoms with Gasteiger partial charge in [0, 0.05) is 16.4 Å². The number of hydrogen-bond donors (Lipinski definition) is 0. The highest BCUT2D eigenvalue weighted by Crippen LogP contribution is 2.26. The zero-order chi connectivity index (χ0) is 13.1. The van der Waals surface area contributed by atoms with Crippen molar-refractivity contribution in [2.45, 2.75) is 10.8 Å². The van der Waals surface area contributed by atoms with Gasteiger partial charge < -0.3 is 4.42 Å². The fourth-order valence-corrected chi connectivity index (χ4v) is 3.09. The Hall–Kier alpha value is -1.11. The molecule has 0 unspecified atom stereocenters. The maximum atomic E-state index is 5.47. The lowest BCUT2D eigenvalue weighted by molar-refractivity contribution is 0.575. The summed E-state index contributed by atoms with van der Waals surface area (Å²) in [5, 5.41) is 2.99. The Morgan fingerprint density at radius 3 is 3.00 bits per heavy atom. The Morgan fingerprint density at radius 1 is 1.32 bits per heavy atom. The van der Waals surface area contributed by atoms with Crippen LogP contribution in [0.2, 0.25) is 0 Å². The predicted octanol–water partition coefficient (Wildman–Crippen LogP) is 4.85. The van der Waals surface area contributed by atoms with Crippen molar-refractivity contribution in [3.63, 3.8) is 0 Å². The van der Waals surface area contributed by atoms with Gasteiger partial charge in [-0.25, -0.2) is 9.97 Å². The summed E-state index contributed by atoms with van der Waals surface area (Å²) in [5.41, 5.74) is 0.929. The van der Waals surface area contributed by atoms with Gasteiger partial charge in [0.15, 0.2) is 0 Å². The second-order valence-corrected chi connectivity index (χ2v) is 6.58. The van der Waals surface area contributed by atoms with Crippen LogP contribution in [0.3, 0.4) is 0 Å². The quantitative estimate of drug-likeness (QED) is 0.629. The third-order valence-corrected chi connectivity index (χ3v) is 4.66. The lowest BCUT2D eigenvalue weighted by Crippen LogP contribution is -1.83. The molecule has 0 aliphatic carbocycles. The van der Waals surface area contributed by atoms with Crippen LogP contribution in [0.4, 0.5) is 0 Å². The number of rotatable bonds is 4. The predicted molar refractivity (Wildman–Crippen MR) is 81.3 cm³/mol. The minimum absolute atomic E-state index is 0.689. The van der Waals surface area contributed by atoms with Crippen LogP contribution in [0.1, 0.15) is 5.69 Å². The van der Waals surface area contributed by atoms with Crippen molar-refractivity contribution in [1.29, 1.82) is 0 Å². The molecule has 0 spiro atoms. The molecule has 0 aromatic carbocycles. The standard InChI is InChI=1S/C13H9BrN2OS2/c14-9-3-4-12(15-6-9)19-8-10-7-17-13(16-10)11-2-1-5-18-11/h1-7H,8H2. The number of nitrogens with zero attached hydrogens (tertiary/aromatic N) is 2. The number of oxazole rings is 1.